The van der Waals surface area contributed by atoms with Crippen molar-refractivity contribution in [3.63, 3.8) is 0 Å². The van der Waals surface area contributed by atoms with E-state index in [1.807, 2.05) is 38.1 Å². The molecule has 4 aromatic rings. The minimum Gasteiger partial charge on any atom is -0.459 e. The van der Waals surface area contributed by atoms with E-state index in [0.717, 1.165) is 0 Å². The third kappa shape index (κ3) is 3.18. The maximum absolute atomic E-state index is 14.3. The van der Waals surface area contributed by atoms with Gasteiger partial charge in [-0.3, -0.25) is 4.57 Å². The summed E-state index contributed by atoms with van der Waals surface area (Å²) in [5.41, 5.74) is 9.47. The summed E-state index contributed by atoms with van der Waals surface area (Å²) in [4.78, 5) is 22.2. The maximum atomic E-state index is 14.3. The third-order valence-electron chi connectivity index (χ3n) is 5.00. The summed E-state index contributed by atoms with van der Waals surface area (Å²) in [7, 11) is 0. The minimum atomic E-state index is -0.572. The topological polar surface area (TPSA) is 83.0 Å². The highest BCUT2D eigenvalue weighted by atomic mass is 19.1. The van der Waals surface area contributed by atoms with E-state index in [0.29, 0.717) is 39.9 Å². The average Bonchev–Trinajstić information content (AvgIpc) is 2.99. The number of fused-ring (bicyclic) bond motifs is 2. The lowest BCUT2D eigenvalue weighted by Crippen LogP contribution is -2.15. The number of rotatable bonds is 4. The zero-order valence-electron chi connectivity index (χ0n) is 16.4. The average molecular weight is 392 g/mol. The van der Waals surface area contributed by atoms with Crippen molar-refractivity contribution in [2.45, 2.75) is 33.3 Å². The second-order valence-electron chi connectivity index (χ2n) is 7.04. The van der Waals surface area contributed by atoms with Gasteiger partial charge in [0.15, 0.2) is 5.65 Å². The van der Waals surface area contributed by atoms with Crippen molar-refractivity contribution in [1.29, 1.82) is 0 Å². The van der Waals surface area contributed by atoms with Crippen LogP contribution in [0.2, 0.25) is 0 Å². The fraction of sp³-hybridized carbons (Fsp3) is 0.227. The standard InChI is InChI=1S/C22H21FN4O2/c1-4-13(3)29-22(28)18-19-21(26-17-8-6-5-7-16(17)25-19)27(20(18)24)14-10-9-12(2)15(23)11-14/h5-11,13H,4,24H2,1-3H3/t13-/m1/s1. The summed E-state index contributed by atoms with van der Waals surface area (Å²) >= 11 is 0. The van der Waals surface area contributed by atoms with E-state index in [1.165, 1.54) is 6.07 Å². The van der Waals surface area contributed by atoms with Crippen LogP contribution in [0.5, 0.6) is 0 Å². The van der Waals surface area contributed by atoms with Crippen molar-refractivity contribution >= 4 is 34.0 Å². The zero-order valence-corrected chi connectivity index (χ0v) is 16.4. The SMILES string of the molecule is CC[C@@H](C)OC(=O)c1c(N)n(-c2ccc(C)c(F)c2)c2nc3ccccc3nc12. The normalized spacial score (nSPS) is 12.4. The van der Waals surface area contributed by atoms with Crippen molar-refractivity contribution in [3.8, 4) is 5.69 Å². The lowest BCUT2D eigenvalue weighted by molar-refractivity contribution is 0.0338. The Labute approximate surface area is 167 Å². The number of aryl methyl sites for hydroxylation is 1. The number of carbonyl (C=O) groups excluding carboxylic acids is 1. The van der Waals surface area contributed by atoms with Crippen LogP contribution in [0.3, 0.4) is 0 Å². The van der Waals surface area contributed by atoms with Crippen LogP contribution < -0.4 is 5.73 Å². The molecule has 0 bridgehead atoms. The summed E-state index contributed by atoms with van der Waals surface area (Å²) in [6.45, 7) is 5.41. The van der Waals surface area contributed by atoms with Crippen molar-refractivity contribution in [3.05, 3.63) is 59.4 Å². The number of esters is 1. The van der Waals surface area contributed by atoms with Gasteiger partial charge in [-0.15, -0.1) is 0 Å². The molecular formula is C22H21FN4O2. The molecule has 2 N–H and O–H groups in total. The predicted molar refractivity (Wildman–Crippen MR) is 111 cm³/mol. The largest absolute Gasteiger partial charge is 0.459 e. The fourth-order valence-electron chi connectivity index (χ4n) is 3.17. The van der Waals surface area contributed by atoms with Gasteiger partial charge >= 0.3 is 5.97 Å². The molecule has 0 fully saturated rings. The van der Waals surface area contributed by atoms with Crippen LogP contribution >= 0.6 is 0 Å². The summed E-state index contributed by atoms with van der Waals surface area (Å²) in [6.07, 6.45) is 0.396. The van der Waals surface area contributed by atoms with Crippen LogP contribution in [0.1, 0.15) is 36.2 Å². The van der Waals surface area contributed by atoms with Crippen LogP contribution in [0.15, 0.2) is 42.5 Å². The number of nitrogens with two attached hydrogens (primary N) is 1. The summed E-state index contributed by atoms with van der Waals surface area (Å²) < 4.78 is 21.3. The van der Waals surface area contributed by atoms with Crippen LogP contribution in [-0.4, -0.2) is 26.6 Å². The van der Waals surface area contributed by atoms with E-state index < -0.39 is 5.97 Å². The number of nitrogen functional groups attached to an aromatic ring is 1. The lowest BCUT2D eigenvalue weighted by Gasteiger charge is -2.11. The molecule has 29 heavy (non-hydrogen) atoms. The Morgan fingerprint density at radius 1 is 1.21 bits per heavy atom. The number of benzene rings is 2. The first-order chi connectivity index (χ1) is 13.9. The third-order valence-corrected chi connectivity index (χ3v) is 5.00. The molecule has 0 aliphatic heterocycles. The van der Waals surface area contributed by atoms with Crippen molar-refractivity contribution in [2.75, 3.05) is 5.73 Å². The molecule has 0 saturated heterocycles. The molecule has 148 valence electrons. The summed E-state index contributed by atoms with van der Waals surface area (Å²) in [5.74, 6) is -0.828. The molecule has 7 heteroatoms. The van der Waals surface area contributed by atoms with Gasteiger partial charge in [-0.25, -0.2) is 19.2 Å². The Bertz CT molecular complexity index is 1250. The van der Waals surface area contributed by atoms with E-state index in [1.54, 1.807) is 23.6 Å². The smallest absolute Gasteiger partial charge is 0.344 e. The van der Waals surface area contributed by atoms with Gasteiger partial charge in [-0.1, -0.05) is 25.1 Å². The molecule has 0 radical (unpaired) electrons. The molecule has 2 heterocycles. The number of hydrogen-bond donors (Lipinski definition) is 1. The fourth-order valence-corrected chi connectivity index (χ4v) is 3.17. The Hall–Kier alpha value is -3.48. The van der Waals surface area contributed by atoms with Gasteiger partial charge in [0, 0.05) is 0 Å². The number of nitrogens with zero attached hydrogens (tertiary/aromatic N) is 3. The number of halogens is 1. The highest BCUT2D eigenvalue weighted by molar-refractivity contribution is 6.09. The van der Waals surface area contributed by atoms with Crippen LogP contribution in [0.4, 0.5) is 10.2 Å². The van der Waals surface area contributed by atoms with Crippen LogP contribution in [0.25, 0.3) is 27.9 Å². The molecule has 1 atom stereocenters. The number of hydrogen-bond acceptors (Lipinski definition) is 5. The van der Waals surface area contributed by atoms with Gasteiger partial charge in [-0.2, -0.15) is 0 Å². The van der Waals surface area contributed by atoms with E-state index in [2.05, 4.69) is 9.97 Å². The Morgan fingerprint density at radius 2 is 1.90 bits per heavy atom. The summed E-state index contributed by atoms with van der Waals surface area (Å²) in [6, 6.07) is 12.1. The Morgan fingerprint density at radius 3 is 2.55 bits per heavy atom. The van der Waals surface area contributed by atoms with Gasteiger partial charge in [0.25, 0.3) is 0 Å². The Balaban J connectivity index is 2.04. The number of ether oxygens (including phenoxy) is 1. The number of aromatic nitrogens is 3. The lowest BCUT2D eigenvalue weighted by atomic mass is 10.2. The van der Waals surface area contributed by atoms with E-state index >= 15 is 0 Å². The quantitative estimate of drug-likeness (QED) is 0.515. The van der Waals surface area contributed by atoms with Crippen LogP contribution in [-0.2, 0) is 4.74 Å². The molecule has 4 rings (SSSR count). The van der Waals surface area contributed by atoms with Gasteiger partial charge in [-0.05, 0) is 50.1 Å². The molecule has 0 aliphatic rings. The molecule has 2 aromatic carbocycles. The van der Waals surface area contributed by atoms with E-state index in [-0.39, 0.29) is 23.3 Å². The van der Waals surface area contributed by atoms with Gasteiger partial charge in [0.2, 0.25) is 0 Å². The van der Waals surface area contributed by atoms with Crippen LogP contribution in [0, 0.1) is 12.7 Å². The minimum absolute atomic E-state index is 0.117. The van der Waals surface area contributed by atoms with Crippen molar-refractivity contribution in [2.24, 2.45) is 0 Å². The molecule has 0 unspecified atom stereocenters. The van der Waals surface area contributed by atoms with Gasteiger partial charge < -0.3 is 10.5 Å². The molecule has 0 spiro atoms. The van der Waals surface area contributed by atoms with Crippen molar-refractivity contribution < 1.29 is 13.9 Å². The second-order valence-corrected chi connectivity index (χ2v) is 7.04. The molecule has 0 amide bonds. The number of carbonyl (C=O) groups is 1. The maximum Gasteiger partial charge on any atom is 0.344 e. The Kier molecular flexibility index (Phi) is 4.66. The first-order valence-corrected chi connectivity index (χ1v) is 9.44. The first-order valence-electron chi connectivity index (χ1n) is 9.44. The highest BCUT2D eigenvalue weighted by Gasteiger charge is 2.27. The van der Waals surface area contributed by atoms with Gasteiger partial charge in [0.05, 0.1) is 22.8 Å². The summed E-state index contributed by atoms with van der Waals surface area (Å²) in [5, 5.41) is 0. The van der Waals surface area contributed by atoms with E-state index in [4.69, 9.17) is 10.5 Å². The van der Waals surface area contributed by atoms with Gasteiger partial charge in [0.1, 0.15) is 22.7 Å². The predicted octanol–water partition coefficient (Wildman–Crippen LogP) is 4.56. The molecule has 0 aliphatic carbocycles. The first kappa shape index (κ1) is 18.9. The van der Waals surface area contributed by atoms with Crippen molar-refractivity contribution in [1.82, 2.24) is 14.5 Å². The zero-order chi connectivity index (χ0) is 20.7. The molecule has 6 nitrogen and oxygen atoms in total. The molecular weight excluding hydrogens is 371 g/mol. The second kappa shape index (κ2) is 7.16. The molecule has 0 saturated carbocycles. The number of para-hydroxylation sites is 2. The highest BCUT2D eigenvalue weighted by Crippen LogP contribution is 2.32. The monoisotopic (exact) mass is 392 g/mol. The number of anilines is 1. The van der Waals surface area contributed by atoms with E-state index in [9.17, 15) is 9.18 Å². The molecule has 2 aromatic heterocycles.